The van der Waals surface area contributed by atoms with Gasteiger partial charge in [0.25, 0.3) is 5.91 Å². The number of fused-ring (bicyclic) bond motifs is 2. The van der Waals surface area contributed by atoms with E-state index in [1.165, 1.54) is 0 Å². The normalized spacial score (nSPS) is 12.7. The quantitative estimate of drug-likeness (QED) is 0.555. The van der Waals surface area contributed by atoms with E-state index < -0.39 is 0 Å². The summed E-state index contributed by atoms with van der Waals surface area (Å²) in [6.45, 7) is -0.161. The Morgan fingerprint density at radius 2 is 1.33 bits per heavy atom. The number of amides is 1. The molecule has 0 atom stereocenters. The first-order chi connectivity index (χ1) is 13.1. The molecule has 0 bridgehead atoms. The Morgan fingerprint density at radius 3 is 1.89 bits per heavy atom. The number of nitrogens with zero attached hydrogens (tertiary/aromatic N) is 1. The standard InChI is InChI=1S/C22H17Cl2NO2/c23-17-8-5-9-18(24)22(17)27-14-21(26)25-19-10-3-1-6-15(19)12-13-16-7-2-4-11-20(16)25/h1-11H,12-14H2. The van der Waals surface area contributed by atoms with Gasteiger partial charge >= 0.3 is 0 Å². The van der Waals surface area contributed by atoms with E-state index in [-0.39, 0.29) is 12.5 Å². The highest BCUT2D eigenvalue weighted by atomic mass is 35.5. The van der Waals surface area contributed by atoms with Crippen molar-refractivity contribution in [2.24, 2.45) is 0 Å². The highest BCUT2D eigenvalue weighted by Crippen LogP contribution is 2.37. The third kappa shape index (κ3) is 3.53. The molecule has 136 valence electrons. The number of hydrogen-bond donors (Lipinski definition) is 0. The van der Waals surface area contributed by atoms with Crippen LogP contribution in [-0.2, 0) is 17.6 Å². The van der Waals surface area contributed by atoms with Crippen LogP contribution in [0.15, 0.2) is 66.7 Å². The maximum absolute atomic E-state index is 13.2. The van der Waals surface area contributed by atoms with Gasteiger partial charge in [0, 0.05) is 0 Å². The molecule has 3 nitrogen and oxygen atoms in total. The van der Waals surface area contributed by atoms with Crippen molar-refractivity contribution in [2.75, 3.05) is 11.5 Å². The van der Waals surface area contributed by atoms with Gasteiger partial charge in [-0.1, -0.05) is 65.7 Å². The number of anilines is 2. The van der Waals surface area contributed by atoms with E-state index >= 15 is 0 Å². The van der Waals surface area contributed by atoms with Crippen LogP contribution in [0.5, 0.6) is 5.75 Å². The molecule has 1 heterocycles. The zero-order valence-corrected chi connectivity index (χ0v) is 16.0. The third-order valence-electron chi connectivity index (χ3n) is 4.64. The monoisotopic (exact) mass is 397 g/mol. The van der Waals surface area contributed by atoms with Gasteiger partial charge in [-0.2, -0.15) is 0 Å². The minimum absolute atomic E-state index is 0.161. The second kappa shape index (κ2) is 7.63. The molecule has 0 spiro atoms. The van der Waals surface area contributed by atoms with Crippen molar-refractivity contribution in [3.05, 3.63) is 87.9 Å². The first-order valence-electron chi connectivity index (χ1n) is 8.71. The van der Waals surface area contributed by atoms with Crippen LogP contribution >= 0.6 is 23.2 Å². The summed E-state index contributed by atoms with van der Waals surface area (Å²) in [6, 6.07) is 21.1. The molecule has 5 heteroatoms. The van der Waals surface area contributed by atoms with Gasteiger partial charge in [0.1, 0.15) is 0 Å². The number of halogens is 2. The lowest BCUT2D eigenvalue weighted by Crippen LogP contribution is -2.31. The predicted molar refractivity (Wildman–Crippen MR) is 109 cm³/mol. The fourth-order valence-electron chi connectivity index (χ4n) is 3.37. The molecule has 0 aromatic heterocycles. The molecule has 0 saturated heterocycles. The van der Waals surface area contributed by atoms with Gasteiger partial charge in [0.05, 0.1) is 21.4 Å². The van der Waals surface area contributed by atoms with Gasteiger partial charge in [-0.3, -0.25) is 9.69 Å². The van der Waals surface area contributed by atoms with E-state index in [9.17, 15) is 4.79 Å². The Kier molecular flexibility index (Phi) is 5.06. The van der Waals surface area contributed by atoms with Crippen molar-refractivity contribution >= 4 is 40.5 Å². The largest absolute Gasteiger partial charge is 0.481 e. The maximum atomic E-state index is 13.2. The molecule has 0 fully saturated rings. The molecule has 0 saturated carbocycles. The lowest BCUT2D eigenvalue weighted by molar-refractivity contribution is -0.119. The SMILES string of the molecule is O=C(COc1c(Cl)cccc1Cl)N1c2ccccc2CCc2ccccc21. The molecular formula is C22H17Cl2NO2. The van der Waals surface area contributed by atoms with E-state index in [1.807, 2.05) is 36.4 Å². The van der Waals surface area contributed by atoms with E-state index in [2.05, 4.69) is 12.1 Å². The number of carbonyl (C=O) groups is 1. The minimum Gasteiger partial charge on any atom is -0.481 e. The summed E-state index contributed by atoms with van der Waals surface area (Å²) in [5, 5.41) is 0.763. The molecule has 1 aliphatic rings. The van der Waals surface area contributed by atoms with Crippen LogP contribution in [0.2, 0.25) is 10.0 Å². The number of carbonyl (C=O) groups excluding carboxylic acids is 1. The van der Waals surface area contributed by atoms with Crippen molar-refractivity contribution in [2.45, 2.75) is 12.8 Å². The van der Waals surface area contributed by atoms with Crippen LogP contribution in [-0.4, -0.2) is 12.5 Å². The predicted octanol–water partition coefficient (Wildman–Crippen LogP) is 5.84. The number of para-hydroxylation sites is 3. The second-order valence-electron chi connectivity index (χ2n) is 6.33. The zero-order chi connectivity index (χ0) is 18.8. The molecule has 4 rings (SSSR count). The summed E-state index contributed by atoms with van der Waals surface area (Å²) in [5.41, 5.74) is 4.05. The van der Waals surface area contributed by atoms with Crippen molar-refractivity contribution < 1.29 is 9.53 Å². The van der Waals surface area contributed by atoms with Crippen molar-refractivity contribution in [3.63, 3.8) is 0 Å². The van der Waals surface area contributed by atoms with E-state index in [0.717, 1.165) is 35.3 Å². The van der Waals surface area contributed by atoms with Gasteiger partial charge in [0.15, 0.2) is 12.4 Å². The number of benzene rings is 3. The summed E-state index contributed by atoms with van der Waals surface area (Å²) in [7, 11) is 0. The average molecular weight is 398 g/mol. The second-order valence-corrected chi connectivity index (χ2v) is 7.14. The highest BCUT2D eigenvalue weighted by Gasteiger charge is 2.26. The molecular weight excluding hydrogens is 381 g/mol. The number of aryl methyl sites for hydroxylation is 2. The molecule has 0 N–H and O–H groups in total. The maximum Gasteiger partial charge on any atom is 0.269 e. The lowest BCUT2D eigenvalue weighted by Gasteiger charge is -2.25. The van der Waals surface area contributed by atoms with Crippen molar-refractivity contribution in [1.82, 2.24) is 0 Å². The van der Waals surface area contributed by atoms with Crippen LogP contribution in [0.25, 0.3) is 0 Å². The minimum atomic E-state index is -0.173. The van der Waals surface area contributed by atoms with Crippen LogP contribution in [0.4, 0.5) is 11.4 Å². The highest BCUT2D eigenvalue weighted by molar-refractivity contribution is 6.37. The van der Waals surface area contributed by atoms with E-state index in [4.69, 9.17) is 27.9 Å². The Hall–Kier alpha value is -2.49. The van der Waals surface area contributed by atoms with Gasteiger partial charge in [-0.05, 0) is 48.2 Å². The third-order valence-corrected chi connectivity index (χ3v) is 5.23. The van der Waals surface area contributed by atoms with E-state index in [0.29, 0.717) is 15.8 Å². The molecule has 1 amide bonds. The first-order valence-corrected chi connectivity index (χ1v) is 9.46. The van der Waals surface area contributed by atoms with Crippen LogP contribution in [0, 0.1) is 0 Å². The molecule has 3 aromatic rings. The van der Waals surface area contributed by atoms with Crippen LogP contribution < -0.4 is 9.64 Å². The Morgan fingerprint density at radius 1 is 0.815 bits per heavy atom. The van der Waals surface area contributed by atoms with Gasteiger partial charge in [-0.15, -0.1) is 0 Å². The van der Waals surface area contributed by atoms with E-state index in [1.54, 1.807) is 23.1 Å². The Balaban J connectivity index is 1.69. The number of rotatable bonds is 3. The molecule has 3 aromatic carbocycles. The average Bonchev–Trinajstić information content (AvgIpc) is 2.84. The van der Waals surface area contributed by atoms with Crippen molar-refractivity contribution in [1.29, 1.82) is 0 Å². The smallest absolute Gasteiger partial charge is 0.269 e. The molecule has 0 radical (unpaired) electrons. The zero-order valence-electron chi connectivity index (χ0n) is 14.5. The fourth-order valence-corrected chi connectivity index (χ4v) is 3.87. The molecule has 0 unspecified atom stereocenters. The summed E-state index contributed by atoms with van der Waals surface area (Å²) < 4.78 is 5.70. The Bertz CT molecular complexity index is 935. The van der Waals surface area contributed by atoms with Crippen LogP contribution in [0.3, 0.4) is 0 Å². The summed E-state index contributed by atoms with van der Waals surface area (Å²) in [6.07, 6.45) is 1.77. The summed E-state index contributed by atoms with van der Waals surface area (Å²) in [5.74, 6) is 0.151. The summed E-state index contributed by atoms with van der Waals surface area (Å²) in [4.78, 5) is 14.9. The fraction of sp³-hybridized carbons (Fsp3) is 0.136. The lowest BCUT2D eigenvalue weighted by atomic mass is 10.0. The number of ether oxygens (including phenoxy) is 1. The first kappa shape index (κ1) is 17.9. The van der Waals surface area contributed by atoms with Gasteiger partial charge in [-0.25, -0.2) is 0 Å². The number of hydrogen-bond acceptors (Lipinski definition) is 2. The Labute approximate surface area is 168 Å². The molecule has 0 aliphatic carbocycles. The van der Waals surface area contributed by atoms with Gasteiger partial charge in [0.2, 0.25) is 0 Å². The molecule has 27 heavy (non-hydrogen) atoms. The van der Waals surface area contributed by atoms with Crippen LogP contribution in [0.1, 0.15) is 11.1 Å². The van der Waals surface area contributed by atoms with Gasteiger partial charge < -0.3 is 4.74 Å². The topological polar surface area (TPSA) is 29.5 Å². The molecule has 1 aliphatic heterocycles. The summed E-state index contributed by atoms with van der Waals surface area (Å²) >= 11 is 12.3. The van der Waals surface area contributed by atoms with Crippen molar-refractivity contribution in [3.8, 4) is 5.75 Å².